The van der Waals surface area contributed by atoms with Crippen molar-refractivity contribution in [1.82, 2.24) is 9.97 Å². The van der Waals surface area contributed by atoms with E-state index in [1.165, 1.54) is 18.4 Å². The quantitative estimate of drug-likeness (QED) is 0.701. The lowest BCUT2D eigenvalue weighted by atomic mass is 9.65. The topological polar surface area (TPSA) is 101 Å². The number of ether oxygens (including phenoxy) is 1. The molecule has 2 unspecified atom stereocenters. The molecule has 2 aromatic heterocycles. The van der Waals surface area contributed by atoms with Gasteiger partial charge in [-0.25, -0.2) is 18.0 Å². The van der Waals surface area contributed by atoms with Gasteiger partial charge in [-0.2, -0.15) is 0 Å². The number of aromatic nitrogens is 2. The Balaban J connectivity index is 2.12. The van der Waals surface area contributed by atoms with Crippen molar-refractivity contribution in [1.29, 1.82) is 0 Å². The molecule has 4 N–H and O–H groups in total. The van der Waals surface area contributed by atoms with E-state index in [1.54, 1.807) is 11.4 Å². The first-order chi connectivity index (χ1) is 13.4. The molecule has 10 heteroatoms. The molecule has 2 aliphatic rings. The first-order valence-electron chi connectivity index (χ1n) is 8.72. The second-order valence-electron chi connectivity index (χ2n) is 6.99. The number of hydrogen-bond donors (Lipinski definition) is 3. The van der Waals surface area contributed by atoms with Gasteiger partial charge >= 0.3 is 5.69 Å². The number of halogens is 3. The Morgan fingerprint density at radius 1 is 1.36 bits per heavy atom. The average Bonchev–Trinajstić information content (AvgIpc) is 3.38. The van der Waals surface area contributed by atoms with Gasteiger partial charge in [-0.05, 0) is 35.8 Å². The standard InChI is InChI=1S/C18H18F3N3O3S/c1-27-14-12-10(16(25)24-17(26)23-12)11(15(20)21)13(19)18(14,7-2-3-7)8-4-9(5-22)28-6-8/h4,6-7,14-15H,2-3,5,22H2,1H3,(H2,23,24,25,26). The predicted octanol–water partition coefficient (Wildman–Crippen LogP) is 2.58. The van der Waals surface area contributed by atoms with Gasteiger partial charge in [-0.3, -0.25) is 9.78 Å². The van der Waals surface area contributed by atoms with Crippen molar-refractivity contribution in [2.45, 2.75) is 37.3 Å². The molecular weight excluding hydrogens is 395 g/mol. The summed E-state index contributed by atoms with van der Waals surface area (Å²) in [4.78, 5) is 29.3. The summed E-state index contributed by atoms with van der Waals surface area (Å²) in [5, 5.41) is 1.69. The van der Waals surface area contributed by atoms with E-state index in [4.69, 9.17) is 10.5 Å². The van der Waals surface area contributed by atoms with Crippen molar-refractivity contribution in [3.05, 3.63) is 59.8 Å². The van der Waals surface area contributed by atoms with E-state index in [1.807, 2.05) is 4.98 Å². The third-order valence-corrected chi connectivity index (χ3v) is 6.48. The third kappa shape index (κ3) is 2.55. The van der Waals surface area contributed by atoms with Crippen molar-refractivity contribution < 1.29 is 17.9 Å². The van der Waals surface area contributed by atoms with Crippen molar-refractivity contribution in [3.63, 3.8) is 0 Å². The Morgan fingerprint density at radius 3 is 2.61 bits per heavy atom. The predicted molar refractivity (Wildman–Crippen MR) is 98.1 cm³/mol. The fourth-order valence-electron chi connectivity index (χ4n) is 4.30. The number of H-pyrrole nitrogens is 2. The number of nitrogens with one attached hydrogen (secondary N) is 2. The highest BCUT2D eigenvalue weighted by atomic mass is 32.1. The molecule has 6 nitrogen and oxygen atoms in total. The van der Waals surface area contributed by atoms with E-state index in [-0.39, 0.29) is 18.2 Å². The molecule has 4 rings (SSSR count). The minimum absolute atomic E-state index is 0.125. The van der Waals surface area contributed by atoms with Crippen LogP contribution in [0.4, 0.5) is 13.2 Å². The highest BCUT2D eigenvalue weighted by Gasteiger charge is 2.61. The number of rotatable bonds is 5. The molecule has 2 aromatic rings. The summed E-state index contributed by atoms with van der Waals surface area (Å²) in [5.74, 6) is -1.38. The molecule has 150 valence electrons. The van der Waals surface area contributed by atoms with Crippen molar-refractivity contribution in [2.24, 2.45) is 11.7 Å². The van der Waals surface area contributed by atoms with Crippen molar-refractivity contribution in [3.8, 4) is 0 Å². The molecule has 1 saturated carbocycles. The fourth-order valence-corrected chi connectivity index (χ4v) is 5.14. The molecule has 0 spiro atoms. The number of fused-ring (bicyclic) bond motifs is 1. The minimum atomic E-state index is -3.24. The fraction of sp³-hybridized carbons (Fsp3) is 0.444. The number of alkyl halides is 2. The van der Waals surface area contributed by atoms with E-state index in [9.17, 15) is 18.4 Å². The maximum atomic E-state index is 16.0. The number of nitrogens with two attached hydrogens (primary N) is 1. The highest BCUT2D eigenvalue weighted by molar-refractivity contribution is 7.10. The Morgan fingerprint density at radius 2 is 2.07 bits per heavy atom. The van der Waals surface area contributed by atoms with Gasteiger partial charge in [0.05, 0.1) is 22.2 Å². The van der Waals surface area contributed by atoms with Crippen LogP contribution < -0.4 is 17.0 Å². The highest BCUT2D eigenvalue weighted by Crippen LogP contribution is 2.63. The molecule has 28 heavy (non-hydrogen) atoms. The number of methoxy groups -OCH3 is 1. The lowest BCUT2D eigenvalue weighted by Gasteiger charge is -2.43. The van der Waals surface area contributed by atoms with Gasteiger partial charge in [0.2, 0.25) is 0 Å². The smallest absolute Gasteiger partial charge is 0.326 e. The van der Waals surface area contributed by atoms with E-state index in [2.05, 4.69) is 4.98 Å². The van der Waals surface area contributed by atoms with Crippen LogP contribution in [-0.2, 0) is 16.7 Å². The monoisotopic (exact) mass is 413 g/mol. The second kappa shape index (κ2) is 6.71. The maximum Gasteiger partial charge on any atom is 0.326 e. The number of thiophene rings is 1. The van der Waals surface area contributed by atoms with Crippen molar-refractivity contribution >= 4 is 16.9 Å². The van der Waals surface area contributed by atoms with Crippen LogP contribution in [0.25, 0.3) is 5.57 Å². The molecule has 1 fully saturated rings. The minimum Gasteiger partial charge on any atom is -0.374 e. The summed E-state index contributed by atoms with van der Waals surface area (Å²) in [7, 11) is 1.31. The molecule has 0 saturated heterocycles. The summed E-state index contributed by atoms with van der Waals surface area (Å²) in [6.07, 6.45) is -3.15. The van der Waals surface area contributed by atoms with Crippen LogP contribution in [0.15, 0.2) is 26.9 Å². The van der Waals surface area contributed by atoms with Gasteiger partial charge in [0.1, 0.15) is 11.9 Å². The van der Waals surface area contributed by atoms with Crippen LogP contribution in [0.2, 0.25) is 0 Å². The number of hydrogen-bond acceptors (Lipinski definition) is 5. The molecular formula is C18H18F3N3O3S. The van der Waals surface area contributed by atoms with Gasteiger partial charge in [-0.1, -0.05) is 0 Å². The van der Waals surface area contributed by atoms with E-state index in [0.29, 0.717) is 18.4 Å². The van der Waals surface area contributed by atoms with Crippen LogP contribution in [0, 0.1) is 5.92 Å². The third-order valence-electron chi connectivity index (χ3n) is 5.52. The van der Waals surface area contributed by atoms with E-state index >= 15 is 4.39 Å². The van der Waals surface area contributed by atoms with Gasteiger partial charge in [0, 0.05) is 18.5 Å². The Kier molecular flexibility index (Phi) is 4.59. The molecule has 0 aromatic carbocycles. The normalized spacial score (nSPS) is 24.7. The van der Waals surface area contributed by atoms with E-state index < -0.39 is 46.2 Å². The largest absolute Gasteiger partial charge is 0.374 e. The molecule has 0 radical (unpaired) electrons. The second-order valence-corrected chi connectivity index (χ2v) is 7.99. The number of aromatic amines is 2. The zero-order chi connectivity index (χ0) is 20.2. The van der Waals surface area contributed by atoms with Crippen LogP contribution in [0.3, 0.4) is 0 Å². The van der Waals surface area contributed by atoms with Gasteiger partial charge in [-0.15, -0.1) is 11.3 Å². The molecule has 2 atom stereocenters. The first-order valence-corrected chi connectivity index (χ1v) is 9.60. The Labute approximate surface area is 161 Å². The Hall–Kier alpha value is -2.17. The van der Waals surface area contributed by atoms with Crippen LogP contribution in [0.5, 0.6) is 0 Å². The van der Waals surface area contributed by atoms with Gasteiger partial charge < -0.3 is 15.5 Å². The maximum absolute atomic E-state index is 16.0. The summed E-state index contributed by atoms with van der Waals surface area (Å²) < 4.78 is 49.5. The lowest BCUT2D eigenvalue weighted by Crippen LogP contribution is -2.45. The summed E-state index contributed by atoms with van der Waals surface area (Å²) in [5.41, 5.74) is 0.991. The SMILES string of the molecule is COC1c2[nH]c(=O)[nH]c(=O)c2C(C(F)F)=C(F)C1(c1csc(CN)c1)C1CC1. The van der Waals surface area contributed by atoms with E-state index in [0.717, 1.165) is 4.88 Å². The van der Waals surface area contributed by atoms with Crippen LogP contribution in [0.1, 0.15) is 40.6 Å². The molecule has 0 aliphatic heterocycles. The summed E-state index contributed by atoms with van der Waals surface area (Å²) in [6.45, 7) is 0.225. The van der Waals surface area contributed by atoms with Gasteiger partial charge in [0.15, 0.2) is 0 Å². The van der Waals surface area contributed by atoms with Crippen molar-refractivity contribution in [2.75, 3.05) is 7.11 Å². The molecule has 0 bridgehead atoms. The first kappa shape index (κ1) is 19.2. The lowest BCUT2D eigenvalue weighted by molar-refractivity contribution is 0.0178. The molecule has 2 heterocycles. The zero-order valence-electron chi connectivity index (χ0n) is 14.9. The van der Waals surface area contributed by atoms with Crippen LogP contribution >= 0.6 is 11.3 Å². The molecule has 0 amide bonds. The summed E-state index contributed by atoms with van der Waals surface area (Å²) in [6, 6.07) is 1.69. The Bertz CT molecular complexity index is 1070. The van der Waals surface area contributed by atoms with Crippen LogP contribution in [-0.4, -0.2) is 23.5 Å². The zero-order valence-corrected chi connectivity index (χ0v) is 15.7. The number of allylic oxidation sites excluding steroid dienone is 1. The molecule has 2 aliphatic carbocycles. The average molecular weight is 413 g/mol. The van der Waals surface area contributed by atoms with Gasteiger partial charge in [0.25, 0.3) is 12.0 Å². The summed E-state index contributed by atoms with van der Waals surface area (Å²) >= 11 is 1.30.